The lowest BCUT2D eigenvalue weighted by Gasteiger charge is -2.11. The van der Waals surface area contributed by atoms with Crippen LogP contribution in [0.1, 0.15) is 17.3 Å². The molecule has 0 aliphatic carbocycles. The van der Waals surface area contributed by atoms with Crippen LogP contribution >= 0.6 is 0 Å². The van der Waals surface area contributed by atoms with Crippen LogP contribution in [0.15, 0.2) is 42.5 Å². The number of nitrogens with two attached hydrogens (primary N) is 1. The average Bonchev–Trinajstić information content (AvgIpc) is 2.50. The van der Waals surface area contributed by atoms with Gasteiger partial charge in [0.05, 0.1) is 30.7 Å². The number of carbonyl (C=O) groups is 1. The molecule has 0 spiro atoms. The van der Waals surface area contributed by atoms with Crippen molar-refractivity contribution in [3.63, 3.8) is 0 Å². The molecular formula is C16H18N2O3. The highest BCUT2D eigenvalue weighted by atomic mass is 16.5. The second-order valence-corrected chi connectivity index (χ2v) is 4.38. The number of ether oxygens (including phenoxy) is 2. The molecule has 0 atom stereocenters. The maximum atomic E-state index is 11.7. The van der Waals surface area contributed by atoms with Crippen LogP contribution in [0.4, 0.5) is 17.1 Å². The molecule has 2 aromatic carbocycles. The molecule has 3 N–H and O–H groups in total. The first-order valence-electron chi connectivity index (χ1n) is 6.61. The topological polar surface area (TPSA) is 73.6 Å². The molecule has 2 rings (SSSR count). The van der Waals surface area contributed by atoms with Crippen LogP contribution in [0.3, 0.4) is 0 Å². The Morgan fingerprint density at radius 1 is 1.19 bits per heavy atom. The van der Waals surface area contributed by atoms with Crippen molar-refractivity contribution in [3.05, 3.63) is 48.0 Å². The lowest BCUT2D eigenvalue weighted by atomic mass is 10.1. The molecule has 0 aromatic heterocycles. The van der Waals surface area contributed by atoms with E-state index in [4.69, 9.17) is 15.2 Å². The first-order chi connectivity index (χ1) is 10.1. The van der Waals surface area contributed by atoms with Crippen molar-refractivity contribution in [2.24, 2.45) is 0 Å². The predicted octanol–water partition coefficient (Wildman–Crippen LogP) is 3.20. The Hall–Kier alpha value is -2.69. The Bertz CT molecular complexity index is 624. The van der Waals surface area contributed by atoms with E-state index in [1.54, 1.807) is 32.2 Å². The SMILES string of the molecule is CCOC(=O)c1ccc(N)c(Nc2ccc(OC)cc2)c1. The number of hydrogen-bond donors (Lipinski definition) is 2. The van der Waals surface area contributed by atoms with Crippen LogP contribution in [-0.2, 0) is 4.74 Å². The molecule has 0 heterocycles. The van der Waals surface area contributed by atoms with Crippen molar-refractivity contribution < 1.29 is 14.3 Å². The third-order valence-electron chi connectivity index (χ3n) is 2.93. The molecule has 0 amide bonds. The van der Waals surface area contributed by atoms with Gasteiger partial charge in [0.1, 0.15) is 5.75 Å². The lowest BCUT2D eigenvalue weighted by Crippen LogP contribution is -2.06. The molecule has 5 nitrogen and oxygen atoms in total. The molecule has 2 aromatic rings. The van der Waals surface area contributed by atoms with Crippen molar-refractivity contribution in [1.82, 2.24) is 0 Å². The standard InChI is InChI=1S/C16H18N2O3/c1-3-21-16(19)11-4-9-14(17)15(10-11)18-12-5-7-13(20-2)8-6-12/h4-10,18H,3,17H2,1-2H3. The minimum absolute atomic E-state index is 0.338. The lowest BCUT2D eigenvalue weighted by molar-refractivity contribution is 0.0526. The molecule has 0 unspecified atom stereocenters. The summed E-state index contributed by atoms with van der Waals surface area (Å²) in [7, 11) is 1.61. The number of rotatable bonds is 5. The maximum Gasteiger partial charge on any atom is 0.338 e. The summed E-state index contributed by atoms with van der Waals surface area (Å²) >= 11 is 0. The van der Waals surface area contributed by atoms with E-state index >= 15 is 0 Å². The van der Waals surface area contributed by atoms with E-state index in [0.29, 0.717) is 23.5 Å². The second-order valence-electron chi connectivity index (χ2n) is 4.38. The molecule has 21 heavy (non-hydrogen) atoms. The van der Waals surface area contributed by atoms with Gasteiger partial charge < -0.3 is 20.5 Å². The van der Waals surface area contributed by atoms with E-state index in [9.17, 15) is 4.79 Å². The van der Waals surface area contributed by atoms with Gasteiger partial charge >= 0.3 is 5.97 Å². The highest BCUT2D eigenvalue weighted by molar-refractivity contribution is 5.92. The minimum atomic E-state index is -0.365. The molecule has 5 heteroatoms. The zero-order valence-corrected chi connectivity index (χ0v) is 12.1. The number of esters is 1. The van der Waals surface area contributed by atoms with Gasteiger partial charge in [-0.1, -0.05) is 0 Å². The molecule has 0 saturated heterocycles. The van der Waals surface area contributed by atoms with E-state index in [0.717, 1.165) is 11.4 Å². The zero-order valence-electron chi connectivity index (χ0n) is 12.1. The quantitative estimate of drug-likeness (QED) is 0.652. The van der Waals surface area contributed by atoms with Crippen LogP contribution in [0, 0.1) is 0 Å². The van der Waals surface area contributed by atoms with E-state index in [-0.39, 0.29) is 5.97 Å². The predicted molar refractivity (Wildman–Crippen MR) is 83.1 cm³/mol. The summed E-state index contributed by atoms with van der Waals surface area (Å²) in [6.45, 7) is 2.11. The van der Waals surface area contributed by atoms with Gasteiger partial charge in [-0.05, 0) is 49.4 Å². The number of carbonyl (C=O) groups excluding carboxylic acids is 1. The van der Waals surface area contributed by atoms with Gasteiger partial charge in [-0.3, -0.25) is 0 Å². The summed E-state index contributed by atoms with van der Waals surface area (Å²) in [6.07, 6.45) is 0. The van der Waals surface area contributed by atoms with Crippen LogP contribution in [0.25, 0.3) is 0 Å². The van der Waals surface area contributed by atoms with E-state index < -0.39 is 0 Å². The molecule has 0 bridgehead atoms. The summed E-state index contributed by atoms with van der Waals surface area (Å²) in [5, 5.41) is 3.17. The summed E-state index contributed by atoms with van der Waals surface area (Å²) in [5.74, 6) is 0.407. The van der Waals surface area contributed by atoms with Crippen LogP contribution in [0.5, 0.6) is 5.75 Å². The van der Waals surface area contributed by atoms with Crippen molar-refractivity contribution in [2.45, 2.75) is 6.92 Å². The van der Waals surface area contributed by atoms with Gasteiger partial charge in [0.2, 0.25) is 0 Å². The smallest absolute Gasteiger partial charge is 0.338 e. The molecule has 0 aliphatic heterocycles. The summed E-state index contributed by atoms with van der Waals surface area (Å²) in [4.78, 5) is 11.7. The third kappa shape index (κ3) is 3.66. The van der Waals surface area contributed by atoms with E-state index in [2.05, 4.69) is 5.32 Å². The summed E-state index contributed by atoms with van der Waals surface area (Å²) in [5.41, 5.74) is 8.45. The molecule has 0 radical (unpaired) electrons. The van der Waals surface area contributed by atoms with Gasteiger partial charge in [0.15, 0.2) is 0 Å². The third-order valence-corrected chi connectivity index (χ3v) is 2.93. The molecule has 0 saturated carbocycles. The number of benzene rings is 2. The second kappa shape index (κ2) is 6.65. The minimum Gasteiger partial charge on any atom is -0.497 e. The molecular weight excluding hydrogens is 268 g/mol. The molecule has 0 aliphatic rings. The number of nitrogen functional groups attached to an aromatic ring is 1. The Morgan fingerprint density at radius 3 is 2.52 bits per heavy atom. The average molecular weight is 286 g/mol. The van der Waals surface area contributed by atoms with Gasteiger partial charge in [-0.25, -0.2) is 4.79 Å². The fourth-order valence-corrected chi connectivity index (χ4v) is 1.84. The summed E-state index contributed by atoms with van der Waals surface area (Å²) in [6, 6.07) is 12.4. The first-order valence-corrected chi connectivity index (χ1v) is 6.61. The van der Waals surface area contributed by atoms with Gasteiger partial charge in [0, 0.05) is 5.69 Å². The maximum absolute atomic E-state index is 11.7. The van der Waals surface area contributed by atoms with Crippen molar-refractivity contribution in [1.29, 1.82) is 0 Å². The summed E-state index contributed by atoms with van der Waals surface area (Å²) < 4.78 is 10.1. The Labute approximate surface area is 123 Å². The van der Waals surface area contributed by atoms with Gasteiger partial charge in [-0.15, -0.1) is 0 Å². The molecule has 0 fully saturated rings. The largest absolute Gasteiger partial charge is 0.497 e. The zero-order chi connectivity index (χ0) is 15.2. The van der Waals surface area contributed by atoms with Crippen molar-refractivity contribution in [2.75, 3.05) is 24.8 Å². The normalized spacial score (nSPS) is 10.0. The van der Waals surface area contributed by atoms with Crippen molar-refractivity contribution >= 4 is 23.0 Å². The fraction of sp³-hybridized carbons (Fsp3) is 0.188. The van der Waals surface area contributed by atoms with Gasteiger partial charge in [-0.2, -0.15) is 0 Å². The van der Waals surface area contributed by atoms with Crippen LogP contribution in [0.2, 0.25) is 0 Å². The highest BCUT2D eigenvalue weighted by Gasteiger charge is 2.09. The van der Waals surface area contributed by atoms with Crippen molar-refractivity contribution in [3.8, 4) is 5.75 Å². The van der Waals surface area contributed by atoms with Gasteiger partial charge in [0.25, 0.3) is 0 Å². The Kier molecular flexibility index (Phi) is 4.66. The number of hydrogen-bond acceptors (Lipinski definition) is 5. The number of nitrogens with one attached hydrogen (secondary N) is 1. The Balaban J connectivity index is 2.21. The first kappa shape index (κ1) is 14.7. The highest BCUT2D eigenvalue weighted by Crippen LogP contribution is 2.26. The fourth-order valence-electron chi connectivity index (χ4n) is 1.84. The number of anilines is 3. The van der Waals surface area contributed by atoms with E-state index in [1.165, 1.54) is 0 Å². The Morgan fingerprint density at radius 2 is 1.90 bits per heavy atom. The number of methoxy groups -OCH3 is 1. The van der Waals surface area contributed by atoms with Crippen LogP contribution in [-0.4, -0.2) is 19.7 Å². The van der Waals surface area contributed by atoms with E-state index in [1.807, 2.05) is 24.3 Å². The molecule has 110 valence electrons. The van der Waals surface area contributed by atoms with Crippen LogP contribution < -0.4 is 15.8 Å². The monoisotopic (exact) mass is 286 g/mol.